The minimum Gasteiger partial charge on any atom is -0.486 e. The third-order valence-electron chi connectivity index (χ3n) is 4.88. The molecule has 3 rings (SSSR count). The van der Waals surface area contributed by atoms with Gasteiger partial charge in [0.05, 0.1) is 5.75 Å². The first kappa shape index (κ1) is 23.5. The second kappa shape index (κ2) is 11.5. The van der Waals surface area contributed by atoms with Crippen molar-refractivity contribution in [2.75, 3.05) is 11.1 Å². The van der Waals surface area contributed by atoms with E-state index in [-0.39, 0.29) is 24.1 Å². The Bertz CT molecular complexity index is 1040. The summed E-state index contributed by atoms with van der Waals surface area (Å²) in [5, 5.41) is 12.1. The molecule has 2 aromatic carbocycles. The predicted octanol–water partition coefficient (Wildman–Crippen LogP) is 5.04. The summed E-state index contributed by atoms with van der Waals surface area (Å²) in [6, 6.07) is 11.9. The van der Waals surface area contributed by atoms with Crippen LogP contribution in [0.4, 0.5) is 10.1 Å². The van der Waals surface area contributed by atoms with Gasteiger partial charge in [-0.3, -0.25) is 9.36 Å². The van der Waals surface area contributed by atoms with Crippen molar-refractivity contribution in [2.24, 2.45) is 0 Å². The Morgan fingerprint density at radius 2 is 1.84 bits per heavy atom. The number of rotatable bonds is 11. The lowest BCUT2D eigenvalue weighted by Gasteiger charge is -2.14. The normalized spacial score (nSPS) is 10.7. The van der Waals surface area contributed by atoms with Crippen molar-refractivity contribution < 1.29 is 13.9 Å². The van der Waals surface area contributed by atoms with Crippen LogP contribution in [0.15, 0.2) is 60.3 Å². The Balaban J connectivity index is 1.65. The molecular weight excluding hydrogens is 427 g/mol. The monoisotopic (exact) mass is 454 g/mol. The average Bonchev–Trinajstić information content (AvgIpc) is 3.19. The van der Waals surface area contributed by atoms with Crippen molar-refractivity contribution in [3.63, 3.8) is 0 Å². The number of anilines is 1. The van der Waals surface area contributed by atoms with E-state index in [1.807, 2.05) is 22.8 Å². The molecule has 0 unspecified atom stereocenters. The van der Waals surface area contributed by atoms with Gasteiger partial charge in [0.15, 0.2) is 11.0 Å². The number of benzene rings is 2. The molecule has 1 amide bonds. The Morgan fingerprint density at radius 1 is 1.16 bits per heavy atom. The van der Waals surface area contributed by atoms with Gasteiger partial charge >= 0.3 is 0 Å². The van der Waals surface area contributed by atoms with Crippen LogP contribution in [0.2, 0.25) is 0 Å². The largest absolute Gasteiger partial charge is 0.486 e. The summed E-state index contributed by atoms with van der Waals surface area (Å²) in [4.78, 5) is 12.7. The van der Waals surface area contributed by atoms with Gasteiger partial charge in [0.1, 0.15) is 18.2 Å². The topological polar surface area (TPSA) is 69.0 Å². The number of ether oxygens (including phenoxy) is 1. The van der Waals surface area contributed by atoms with Gasteiger partial charge in [0, 0.05) is 12.2 Å². The Labute approximate surface area is 191 Å². The van der Waals surface area contributed by atoms with Crippen LogP contribution in [0, 0.1) is 5.82 Å². The number of aromatic nitrogens is 3. The molecule has 8 heteroatoms. The quantitative estimate of drug-likeness (QED) is 0.325. The van der Waals surface area contributed by atoms with Gasteiger partial charge in [0.2, 0.25) is 5.91 Å². The third-order valence-corrected chi connectivity index (χ3v) is 5.85. The first-order chi connectivity index (χ1) is 15.5. The molecule has 0 aliphatic carbocycles. The fourth-order valence-corrected chi connectivity index (χ4v) is 4.00. The number of thioether (sulfide) groups is 1. The second-order valence-electron chi connectivity index (χ2n) is 7.04. The molecule has 0 saturated heterocycles. The molecule has 1 N–H and O–H groups in total. The number of carbonyl (C=O) groups excluding carboxylic acids is 1. The molecule has 6 nitrogen and oxygen atoms in total. The first-order valence-corrected chi connectivity index (χ1v) is 11.5. The number of nitrogens with zero attached hydrogens (tertiary/aromatic N) is 3. The van der Waals surface area contributed by atoms with Crippen molar-refractivity contribution in [3.8, 4) is 5.75 Å². The maximum atomic E-state index is 13.1. The maximum Gasteiger partial charge on any atom is 0.234 e. The summed E-state index contributed by atoms with van der Waals surface area (Å²) in [6.07, 6.45) is 3.43. The van der Waals surface area contributed by atoms with Crippen LogP contribution in [0.25, 0.3) is 0 Å². The summed E-state index contributed by atoms with van der Waals surface area (Å²) in [7, 11) is 0. The molecule has 1 aromatic heterocycles. The standard InChI is InChI=1S/C24H27FN4O2S/c1-4-14-29-21(15-31-20-12-10-19(25)11-13-20)27-28-24(29)32-16-22(30)26-23-17(5-2)8-7-9-18(23)6-3/h4,7-13H,1,5-6,14-16H2,2-3H3,(H,26,30). The molecule has 0 bridgehead atoms. The molecular formula is C24H27FN4O2S. The van der Waals surface area contributed by atoms with Crippen LogP contribution in [0.3, 0.4) is 0 Å². The highest BCUT2D eigenvalue weighted by molar-refractivity contribution is 7.99. The number of nitrogens with one attached hydrogen (secondary N) is 1. The maximum absolute atomic E-state index is 13.1. The summed E-state index contributed by atoms with van der Waals surface area (Å²) >= 11 is 1.31. The molecule has 0 radical (unpaired) electrons. The first-order valence-electron chi connectivity index (χ1n) is 10.5. The van der Waals surface area contributed by atoms with Crippen LogP contribution in [-0.4, -0.2) is 26.4 Å². The minimum absolute atomic E-state index is 0.0946. The molecule has 168 valence electrons. The van der Waals surface area contributed by atoms with Crippen molar-refractivity contribution >= 4 is 23.4 Å². The fraction of sp³-hybridized carbons (Fsp3) is 0.292. The van der Waals surface area contributed by atoms with Crippen LogP contribution in [0.5, 0.6) is 5.75 Å². The van der Waals surface area contributed by atoms with Gasteiger partial charge < -0.3 is 10.1 Å². The van der Waals surface area contributed by atoms with Crippen molar-refractivity contribution in [2.45, 2.75) is 45.0 Å². The number of hydrogen-bond acceptors (Lipinski definition) is 5. The Morgan fingerprint density at radius 3 is 2.47 bits per heavy atom. The fourth-order valence-electron chi connectivity index (χ4n) is 3.23. The Kier molecular flexibility index (Phi) is 8.44. The van der Waals surface area contributed by atoms with Crippen molar-refractivity contribution in [1.82, 2.24) is 14.8 Å². The van der Waals surface area contributed by atoms with E-state index in [4.69, 9.17) is 4.74 Å². The lowest BCUT2D eigenvalue weighted by molar-refractivity contribution is -0.113. The van der Waals surface area contributed by atoms with E-state index in [0.717, 1.165) is 29.7 Å². The Hall–Kier alpha value is -3.13. The summed E-state index contributed by atoms with van der Waals surface area (Å²) in [6.45, 7) is 8.59. The van der Waals surface area contributed by atoms with Crippen LogP contribution in [-0.2, 0) is 30.8 Å². The summed E-state index contributed by atoms with van der Waals surface area (Å²) in [5.74, 6) is 0.922. The van der Waals surface area contributed by atoms with Crippen LogP contribution < -0.4 is 10.1 Å². The zero-order chi connectivity index (χ0) is 22.9. The lowest BCUT2D eigenvalue weighted by atomic mass is 10.0. The van der Waals surface area contributed by atoms with Gasteiger partial charge in [-0.1, -0.05) is 49.9 Å². The molecule has 0 aliphatic heterocycles. The zero-order valence-electron chi connectivity index (χ0n) is 18.3. The van der Waals surface area contributed by atoms with E-state index < -0.39 is 0 Å². The highest BCUT2D eigenvalue weighted by atomic mass is 32.2. The smallest absolute Gasteiger partial charge is 0.234 e. The van der Waals surface area contributed by atoms with Crippen molar-refractivity contribution in [1.29, 1.82) is 0 Å². The van der Waals surface area contributed by atoms with E-state index >= 15 is 0 Å². The van der Waals surface area contributed by atoms with Crippen LogP contribution in [0.1, 0.15) is 30.8 Å². The van der Waals surface area contributed by atoms with E-state index in [2.05, 4.69) is 35.9 Å². The number of carbonyl (C=O) groups is 1. The van der Waals surface area contributed by atoms with E-state index in [1.54, 1.807) is 18.2 Å². The van der Waals surface area contributed by atoms with Gasteiger partial charge in [-0.25, -0.2) is 4.39 Å². The average molecular weight is 455 g/mol. The lowest BCUT2D eigenvalue weighted by Crippen LogP contribution is -2.17. The molecule has 3 aromatic rings. The number of allylic oxidation sites excluding steroid dienone is 1. The van der Waals surface area contributed by atoms with Gasteiger partial charge in [0.25, 0.3) is 0 Å². The van der Waals surface area contributed by atoms with Crippen LogP contribution >= 0.6 is 11.8 Å². The van der Waals surface area contributed by atoms with E-state index in [0.29, 0.717) is 23.3 Å². The molecule has 0 aliphatic rings. The van der Waals surface area contributed by atoms with Gasteiger partial charge in [-0.15, -0.1) is 16.8 Å². The second-order valence-corrected chi connectivity index (χ2v) is 7.98. The highest BCUT2D eigenvalue weighted by Gasteiger charge is 2.15. The molecule has 1 heterocycles. The number of hydrogen-bond donors (Lipinski definition) is 1. The molecule has 32 heavy (non-hydrogen) atoms. The van der Waals surface area contributed by atoms with Gasteiger partial charge in [-0.05, 0) is 48.2 Å². The SMILES string of the molecule is C=CCn1c(COc2ccc(F)cc2)nnc1SCC(=O)Nc1c(CC)cccc1CC. The van der Waals surface area contributed by atoms with E-state index in [9.17, 15) is 9.18 Å². The minimum atomic E-state index is -0.322. The summed E-state index contributed by atoms with van der Waals surface area (Å²) < 4.78 is 20.6. The molecule has 0 atom stereocenters. The van der Waals surface area contributed by atoms with E-state index in [1.165, 1.54) is 23.9 Å². The van der Waals surface area contributed by atoms with Gasteiger partial charge in [-0.2, -0.15) is 0 Å². The zero-order valence-corrected chi connectivity index (χ0v) is 19.1. The molecule has 0 saturated carbocycles. The number of para-hydroxylation sites is 1. The number of halogens is 1. The third kappa shape index (κ3) is 5.97. The number of amides is 1. The molecule has 0 fully saturated rings. The van der Waals surface area contributed by atoms with Crippen molar-refractivity contribution in [3.05, 3.63) is 77.9 Å². The highest BCUT2D eigenvalue weighted by Crippen LogP contribution is 2.24. The summed E-state index contributed by atoms with van der Waals surface area (Å²) in [5.41, 5.74) is 3.15. The predicted molar refractivity (Wildman–Crippen MR) is 126 cm³/mol. The number of aryl methyl sites for hydroxylation is 2. The molecule has 0 spiro atoms.